The van der Waals surface area contributed by atoms with E-state index in [-0.39, 0.29) is 18.3 Å². The summed E-state index contributed by atoms with van der Waals surface area (Å²) >= 11 is 0. The molecule has 1 aromatic carbocycles. The molecule has 1 saturated heterocycles. The molecule has 5 nitrogen and oxygen atoms in total. The van der Waals surface area contributed by atoms with Crippen LogP contribution in [0.5, 0.6) is 11.5 Å². The molecule has 2 aliphatic heterocycles. The first kappa shape index (κ1) is 18.9. The first-order valence-electron chi connectivity index (χ1n) is 8.71. The van der Waals surface area contributed by atoms with Crippen molar-refractivity contribution >= 4 is 24.0 Å². The van der Waals surface area contributed by atoms with Gasteiger partial charge >= 0.3 is 0 Å². The standard InChI is InChI=1S/C18H26N2O3.ClH/c1-2-10-23-15-11-13(12-20-8-4-3-5-9-20)18(22)14-6-7-16(21)19-17(14)15;/h11,22H,2-10,12H2,1H3,(H,19,21);1H. The summed E-state index contributed by atoms with van der Waals surface area (Å²) < 4.78 is 5.84. The highest BCUT2D eigenvalue weighted by atomic mass is 35.5. The Morgan fingerprint density at radius 1 is 1.25 bits per heavy atom. The average molecular weight is 355 g/mol. The van der Waals surface area contributed by atoms with Gasteiger partial charge in [0, 0.05) is 24.1 Å². The fourth-order valence-corrected chi connectivity index (χ4v) is 3.39. The minimum atomic E-state index is -0.0120. The molecule has 2 N–H and O–H groups in total. The number of likely N-dealkylation sites (tertiary alicyclic amines) is 1. The fraction of sp³-hybridized carbons (Fsp3) is 0.611. The van der Waals surface area contributed by atoms with Crippen molar-refractivity contribution in [2.24, 2.45) is 0 Å². The number of nitrogens with one attached hydrogen (secondary N) is 1. The van der Waals surface area contributed by atoms with E-state index in [0.29, 0.717) is 36.6 Å². The van der Waals surface area contributed by atoms with Gasteiger partial charge in [0.15, 0.2) is 0 Å². The van der Waals surface area contributed by atoms with E-state index in [1.165, 1.54) is 19.3 Å². The van der Waals surface area contributed by atoms with Gasteiger partial charge in [-0.15, -0.1) is 12.4 Å². The second-order valence-electron chi connectivity index (χ2n) is 6.47. The molecule has 1 aromatic rings. The van der Waals surface area contributed by atoms with Crippen molar-refractivity contribution in [3.8, 4) is 11.5 Å². The number of phenols is 1. The van der Waals surface area contributed by atoms with E-state index in [1.807, 2.05) is 6.07 Å². The van der Waals surface area contributed by atoms with Crippen LogP contribution in [0.3, 0.4) is 0 Å². The number of anilines is 1. The van der Waals surface area contributed by atoms with Gasteiger partial charge in [0.2, 0.25) is 5.91 Å². The topological polar surface area (TPSA) is 61.8 Å². The summed E-state index contributed by atoms with van der Waals surface area (Å²) in [4.78, 5) is 14.1. The Labute approximate surface area is 149 Å². The van der Waals surface area contributed by atoms with Crippen molar-refractivity contribution in [1.82, 2.24) is 4.90 Å². The van der Waals surface area contributed by atoms with Gasteiger partial charge in [-0.2, -0.15) is 0 Å². The average Bonchev–Trinajstić information content (AvgIpc) is 2.57. The number of hydrogen-bond donors (Lipinski definition) is 2. The fourth-order valence-electron chi connectivity index (χ4n) is 3.39. The summed E-state index contributed by atoms with van der Waals surface area (Å²) in [6, 6.07) is 1.91. The Kier molecular flexibility index (Phi) is 6.75. The summed E-state index contributed by atoms with van der Waals surface area (Å²) in [5.41, 5.74) is 2.40. The summed E-state index contributed by atoms with van der Waals surface area (Å²) in [6.45, 7) is 5.57. The number of carbonyl (C=O) groups excluding carboxylic acids is 1. The van der Waals surface area contributed by atoms with E-state index in [0.717, 1.165) is 37.2 Å². The lowest BCUT2D eigenvalue weighted by atomic mass is 9.97. The minimum absolute atomic E-state index is 0. The quantitative estimate of drug-likeness (QED) is 0.849. The molecule has 1 fully saturated rings. The highest BCUT2D eigenvalue weighted by molar-refractivity contribution is 5.96. The normalized spacial score (nSPS) is 17.6. The molecule has 3 rings (SSSR count). The van der Waals surface area contributed by atoms with Crippen molar-refractivity contribution in [3.63, 3.8) is 0 Å². The van der Waals surface area contributed by atoms with Crippen LogP contribution < -0.4 is 10.1 Å². The molecule has 2 aliphatic rings. The second-order valence-corrected chi connectivity index (χ2v) is 6.47. The van der Waals surface area contributed by atoms with Crippen LogP contribution in [-0.4, -0.2) is 35.6 Å². The van der Waals surface area contributed by atoms with Gasteiger partial charge in [0.1, 0.15) is 11.5 Å². The summed E-state index contributed by atoms with van der Waals surface area (Å²) in [6.07, 6.45) is 5.64. The van der Waals surface area contributed by atoms with Gasteiger partial charge < -0.3 is 15.2 Å². The Morgan fingerprint density at radius 2 is 2.00 bits per heavy atom. The molecule has 134 valence electrons. The number of ether oxygens (including phenoxy) is 1. The number of amides is 1. The van der Waals surface area contributed by atoms with E-state index in [1.54, 1.807) is 0 Å². The third-order valence-corrected chi connectivity index (χ3v) is 4.61. The first-order chi connectivity index (χ1) is 11.2. The summed E-state index contributed by atoms with van der Waals surface area (Å²) in [5, 5.41) is 13.5. The van der Waals surface area contributed by atoms with Crippen molar-refractivity contribution in [2.75, 3.05) is 25.0 Å². The van der Waals surface area contributed by atoms with Crippen LogP contribution in [0.2, 0.25) is 0 Å². The number of phenolic OH excluding ortho intramolecular Hbond substituents is 1. The molecule has 0 spiro atoms. The van der Waals surface area contributed by atoms with Crippen LogP contribution in [0, 0.1) is 0 Å². The molecule has 0 saturated carbocycles. The summed E-state index contributed by atoms with van der Waals surface area (Å²) in [7, 11) is 0. The number of hydrogen-bond acceptors (Lipinski definition) is 4. The smallest absolute Gasteiger partial charge is 0.224 e. The minimum Gasteiger partial charge on any atom is -0.507 e. The summed E-state index contributed by atoms with van der Waals surface area (Å²) in [5.74, 6) is 1.01. The number of rotatable bonds is 5. The SMILES string of the molecule is CCCOc1cc(CN2CCCCC2)c(O)c2c1NC(=O)CC2.Cl. The molecule has 24 heavy (non-hydrogen) atoms. The third-order valence-electron chi connectivity index (χ3n) is 4.61. The Morgan fingerprint density at radius 3 is 2.71 bits per heavy atom. The van der Waals surface area contributed by atoms with Crippen molar-refractivity contribution in [3.05, 3.63) is 17.2 Å². The van der Waals surface area contributed by atoms with E-state index in [2.05, 4.69) is 17.1 Å². The van der Waals surface area contributed by atoms with Crippen molar-refractivity contribution < 1.29 is 14.6 Å². The molecular weight excluding hydrogens is 328 g/mol. The Bertz CT molecular complexity index is 586. The highest BCUT2D eigenvalue weighted by Gasteiger charge is 2.25. The number of carbonyl (C=O) groups is 1. The highest BCUT2D eigenvalue weighted by Crippen LogP contribution is 2.41. The lowest BCUT2D eigenvalue weighted by Crippen LogP contribution is -2.29. The predicted molar refractivity (Wildman–Crippen MR) is 97.2 cm³/mol. The van der Waals surface area contributed by atoms with Crippen LogP contribution in [0.1, 0.15) is 50.2 Å². The van der Waals surface area contributed by atoms with Gasteiger partial charge in [-0.1, -0.05) is 13.3 Å². The molecule has 0 atom stereocenters. The van der Waals surface area contributed by atoms with Crippen LogP contribution in [0.25, 0.3) is 0 Å². The van der Waals surface area contributed by atoms with Crippen molar-refractivity contribution in [1.29, 1.82) is 0 Å². The maximum absolute atomic E-state index is 11.7. The van der Waals surface area contributed by atoms with Crippen LogP contribution in [-0.2, 0) is 17.8 Å². The molecule has 1 amide bonds. The largest absolute Gasteiger partial charge is 0.507 e. The van der Waals surface area contributed by atoms with Gasteiger partial charge in [0.05, 0.1) is 12.3 Å². The molecule has 0 aliphatic carbocycles. The number of fused-ring (bicyclic) bond motifs is 1. The number of piperidine rings is 1. The van der Waals surface area contributed by atoms with E-state index in [9.17, 15) is 9.90 Å². The van der Waals surface area contributed by atoms with E-state index >= 15 is 0 Å². The predicted octanol–water partition coefficient (Wildman–Crippen LogP) is 3.47. The number of nitrogens with zero attached hydrogens (tertiary/aromatic N) is 1. The van der Waals surface area contributed by atoms with Gasteiger partial charge in [-0.3, -0.25) is 9.69 Å². The number of halogens is 1. The maximum atomic E-state index is 11.7. The Hall–Kier alpha value is -1.46. The van der Waals surface area contributed by atoms with Crippen molar-refractivity contribution in [2.45, 2.75) is 52.0 Å². The molecule has 6 heteroatoms. The monoisotopic (exact) mass is 354 g/mol. The number of benzene rings is 1. The van der Waals surface area contributed by atoms with Crippen LogP contribution in [0.4, 0.5) is 5.69 Å². The second kappa shape index (κ2) is 8.58. The molecule has 2 heterocycles. The zero-order chi connectivity index (χ0) is 16.2. The van der Waals surface area contributed by atoms with E-state index < -0.39 is 0 Å². The third kappa shape index (κ3) is 4.14. The van der Waals surface area contributed by atoms with Crippen LogP contribution >= 0.6 is 12.4 Å². The molecule has 0 aromatic heterocycles. The number of aromatic hydroxyl groups is 1. The lowest BCUT2D eigenvalue weighted by molar-refractivity contribution is -0.116. The molecule has 0 bridgehead atoms. The molecule has 0 unspecified atom stereocenters. The van der Waals surface area contributed by atoms with Gasteiger partial charge in [-0.05, 0) is 44.8 Å². The van der Waals surface area contributed by atoms with E-state index in [4.69, 9.17) is 4.74 Å². The zero-order valence-electron chi connectivity index (χ0n) is 14.3. The first-order valence-corrected chi connectivity index (χ1v) is 8.71. The maximum Gasteiger partial charge on any atom is 0.224 e. The Balaban J connectivity index is 0.00000208. The molecule has 0 radical (unpaired) electrons. The molecular formula is C18H27ClN2O3. The van der Waals surface area contributed by atoms with Gasteiger partial charge in [0.25, 0.3) is 0 Å². The zero-order valence-corrected chi connectivity index (χ0v) is 15.1. The van der Waals surface area contributed by atoms with Crippen LogP contribution in [0.15, 0.2) is 6.07 Å². The van der Waals surface area contributed by atoms with Gasteiger partial charge in [-0.25, -0.2) is 0 Å². The lowest BCUT2D eigenvalue weighted by Gasteiger charge is -2.28.